The number of aliphatic carboxylic acids is 1. The maximum Gasteiger partial charge on any atom is 0.362 e. The van der Waals surface area contributed by atoms with Gasteiger partial charge in [-0.3, -0.25) is 9.59 Å². The molecule has 2 atom stereocenters. The number of quaternary nitrogens is 1. The molecular weight excluding hydrogens is 739 g/mol. The van der Waals surface area contributed by atoms with Crippen molar-refractivity contribution in [1.29, 1.82) is 0 Å². The number of rotatable bonds is 41. The Labute approximate surface area is 361 Å². The van der Waals surface area contributed by atoms with Crippen LogP contribution in [0.2, 0.25) is 0 Å². The van der Waals surface area contributed by atoms with E-state index in [1.54, 1.807) is 0 Å². The molecule has 2 unspecified atom stereocenters. The third-order valence-electron chi connectivity index (χ3n) is 10.1. The van der Waals surface area contributed by atoms with Gasteiger partial charge >= 0.3 is 17.9 Å². The number of carbonyl (C=O) groups excluding carboxylic acids is 2. The summed E-state index contributed by atoms with van der Waals surface area (Å²) in [7, 11) is 5.50. The molecule has 0 spiro atoms. The van der Waals surface area contributed by atoms with Crippen LogP contribution in [0.1, 0.15) is 181 Å². The van der Waals surface area contributed by atoms with Gasteiger partial charge in [0.1, 0.15) is 6.61 Å². The van der Waals surface area contributed by atoms with E-state index in [-0.39, 0.29) is 42.7 Å². The van der Waals surface area contributed by atoms with Crippen LogP contribution in [0.15, 0.2) is 72.9 Å². The van der Waals surface area contributed by atoms with Crippen LogP contribution in [-0.4, -0.2) is 80.6 Å². The van der Waals surface area contributed by atoms with Crippen molar-refractivity contribution in [1.82, 2.24) is 0 Å². The SMILES string of the molecule is CC/C=C\C/C=C\C/C=C\C/C=C\C/C=C\C/C=C\CCC(=O)OC(COCCC(C(=O)O)[N+](C)(C)C)COC(=O)CCCCCCCCCCCCCCCCCC. The Morgan fingerprint density at radius 2 is 0.949 bits per heavy atom. The van der Waals surface area contributed by atoms with E-state index in [4.69, 9.17) is 14.2 Å². The van der Waals surface area contributed by atoms with Gasteiger partial charge in [-0.25, -0.2) is 4.79 Å². The van der Waals surface area contributed by atoms with Crippen molar-refractivity contribution in [2.45, 2.75) is 193 Å². The van der Waals surface area contributed by atoms with Crippen molar-refractivity contribution in [3.05, 3.63) is 72.9 Å². The van der Waals surface area contributed by atoms with E-state index in [0.717, 1.165) is 57.8 Å². The van der Waals surface area contributed by atoms with Gasteiger partial charge in [0.2, 0.25) is 0 Å². The van der Waals surface area contributed by atoms with Gasteiger partial charge in [0, 0.05) is 19.3 Å². The van der Waals surface area contributed by atoms with Gasteiger partial charge in [-0.15, -0.1) is 0 Å². The van der Waals surface area contributed by atoms with Gasteiger partial charge in [0.05, 0.1) is 34.4 Å². The van der Waals surface area contributed by atoms with E-state index in [1.165, 1.54) is 83.5 Å². The minimum Gasteiger partial charge on any atom is -0.477 e. The van der Waals surface area contributed by atoms with E-state index in [2.05, 4.69) is 74.6 Å². The molecule has 338 valence electrons. The standard InChI is InChI=1S/C51H87NO7/c1-6-8-10-12-14-16-18-20-22-24-25-26-28-30-32-34-36-38-40-42-50(54)59-47(45-57-44-43-48(51(55)56)52(3,4)5)46-58-49(53)41-39-37-35-33-31-29-27-23-21-19-17-15-13-11-9-7-2/h8,10,14,16,20,22,25-26,30,32,36,38,47-48H,6-7,9,11-13,15,17-19,21,23-24,27-29,31,33-35,37,39-46H2,1-5H3/p+1/b10-8-,16-14-,22-20-,26-25-,32-30-,38-36-. The van der Waals surface area contributed by atoms with Crippen molar-refractivity contribution in [3.8, 4) is 0 Å². The Kier molecular flexibility index (Phi) is 39.2. The highest BCUT2D eigenvalue weighted by Gasteiger charge is 2.31. The van der Waals surface area contributed by atoms with Crippen LogP contribution in [0, 0.1) is 0 Å². The highest BCUT2D eigenvalue weighted by atomic mass is 16.6. The van der Waals surface area contributed by atoms with Crippen molar-refractivity contribution in [3.63, 3.8) is 0 Å². The predicted molar refractivity (Wildman–Crippen MR) is 247 cm³/mol. The number of ether oxygens (including phenoxy) is 3. The van der Waals surface area contributed by atoms with E-state index in [9.17, 15) is 19.5 Å². The van der Waals surface area contributed by atoms with Gasteiger partial charge in [-0.2, -0.15) is 0 Å². The Balaban J connectivity index is 4.44. The van der Waals surface area contributed by atoms with Crippen molar-refractivity contribution in [2.24, 2.45) is 0 Å². The first kappa shape index (κ1) is 55.8. The van der Waals surface area contributed by atoms with Crippen LogP contribution < -0.4 is 0 Å². The molecule has 0 aliphatic rings. The molecule has 1 N–H and O–H groups in total. The number of hydrogen-bond acceptors (Lipinski definition) is 6. The minimum absolute atomic E-state index is 0.0292. The molecule has 0 aliphatic carbocycles. The molecule has 8 nitrogen and oxygen atoms in total. The maximum atomic E-state index is 12.7. The summed E-state index contributed by atoms with van der Waals surface area (Å²) in [5, 5.41) is 9.63. The van der Waals surface area contributed by atoms with Gasteiger partial charge < -0.3 is 23.8 Å². The average molecular weight is 827 g/mol. The lowest BCUT2D eigenvalue weighted by atomic mass is 10.0. The summed E-state index contributed by atoms with van der Waals surface area (Å²) in [5.41, 5.74) is 0. The first-order valence-corrected chi connectivity index (χ1v) is 23.5. The molecule has 0 rings (SSSR count). The van der Waals surface area contributed by atoms with Gasteiger partial charge in [0.15, 0.2) is 12.1 Å². The summed E-state index contributed by atoms with van der Waals surface area (Å²) >= 11 is 0. The van der Waals surface area contributed by atoms with E-state index < -0.39 is 18.1 Å². The normalized spacial score (nSPS) is 13.6. The minimum atomic E-state index is -0.888. The number of likely N-dealkylation sites (N-methyl/N-ethyl adjacent to an activating group) is 1. The number of esters is 2. The van der Waals surface area contributed by atoms with Crippen molar-refractivity contribution in [2.75, 3.05) is 41.0 Å². The van der Waals surface area contributed by atoms with Crippen molar-refractivity contribution >= 4 is 17.9 Å². The summed E-state index contributed by atoms with van der Waals surface area (Å²) < 4.78 is 17.2. The molecule has 0 fully saturated rings. The lowest BCUT2D eigenvalue weighted by molar-refractivity contribution is -0.887. The molecule has 0 radical (unpaired) electrons. The molecule has 0 saturated carbocycles. The molecule has 0 saturated heterocycles. The van der Waals surface area contributed by atoms with Crippen LogP contribution in [0.5, 0.6) is 0 Å². The zero-order valence-corrected chi connectivity index (χ0v) is 38.4. The fourth-order valence-corrected chi connectivity index (χ4v) is 6.53. The van der Waals surface area contributed by atoms with E-state index in [0.29, 0.717) is 19.3 Å². The van der Waals surface area contributed by atoms with E-state index in [1.807, 2.05) is 33.3 Å². The van der Waals surface area contributed by atoms with E-state index >= 15 is 0 Å². The second-order valence-electron chi connectivity index (χ2n) is 16.6. The predicted octanol–water partition coefficient (Wildman–Crippen LogP) is 13.1. The number of nitrogens with zero attached hydrogens (tertiary/aromatic N) is 1. The number of allylic oxidation sites excluding steroid dienone is 12. The molecule has 0 aliphatic heterocycles. The molecule has 0 heterocycles. The van der Waals surface area contributed by atoms with Crippen LogP contribution in [-0.2, 0) is 28.6 Å². The molecule has 8 heteroatoms. The Morgan fingerprint density at radius 3 is 1.37 bits per heavy atom. The second-order valence-corrected chi connectivity index (χ2v) is 16.6. The highest BCUT2D eigenvalue weighted by Crippen LogP contribution is 2.15. The number of carboxylic acid groups (broad SMARTS) is 1. The zero-order valence-electron chi connectivity index (χ0n) is 38.4. The fraction of sp³-hybridized carbons (Fsp3) is 0.706. The smallest absolute Gasteiger partial charge is 0.362 e. The quantitative estimate of drug-likeness (QED) is 0.0284. The lowest BCUT2D eigenvalue weighted by Gasteiger charge is -2.31. The van der Waals surface area contributed by atoms with Crippen LogP contribution in [0.4, 0.5) is 0 Å². The first-order chi connectivity index (χ1) is 28.6. The molecule has 0 aromatic carbocycles. The Hall–Kier alpha value is -3.23. The molecule has 0 amide bonds. The van der Waals surface area contributed by atoms with Crippen LogP contribution >= 0.6 is 0 Å². The van der Waals surface area contributed by atoms with Gasteiger partial charge in [-0.1, -0.05) is 183 Å². The summed E-state index contributed by atoms with van der Waals surface area (Å²) in [6, 6.07) is -0.630. The van der Waals surface area contributed by atoms with Gasteiger partial charge in [0.25, 0.3) is 0 Å². The molecule has 59 heavy (non-hydrogen) atoms. The van der Waals surface area contributed by atoms with Crippen LogP contribution in [0.25, 0.3) is 0 Å². The number of hydrogen-bond donors (Lipinski definition) is 1. The second kappa shape index (κ2) is 41.5. The monoisotopic (exact) mass is 827 g/mol. The Morgan fingerprint density at radius 1 is 0.525 bits per heavy atom. The number of carbonyl (C=O) groups is 3. The number of unbranched alkanes of at least 4 members (excludes halogenated alkanes) is 15. The Bertz CT molecular complexity index is 1190. The first-order valence-electron chi connectivity index (χ1n) is 23.5. The fourth-order valence-electron chi connectivity index (χ4n) is 6.53. The maximum absolute atomic E-state index is 12.7. The summed E-state index contributed by atoms with van der Waals surface area (Å²) in [5.74, 6) is -1.58. The average Bonchev–Trinajstić information content (AvgIpc) is 3.19. The third kappa shape index (κ3) is 40.0. The van der Waals surface area contributed by atoms with Gasteiger partial charge in [-0.05, 0) is 51.4 Å². The summed E-state index contributed by atoms with van der Waals surface area (Å²) in [4.78, 5) is 37.0. The number of carboxylic acids is 1. The molecule has 0 bridgehead atoms. The molecular formula is C51H88NO7+. The highest BCUT2D eigenvalue weighted by molar-refractivity contribution is 5.72. The summed E-state index contributed by atoms with van der Waals surface area (Å²) in [6.45, 7) is 4.55. The molecule has 0 aromatic rings. The third-order valence-corrected chi connectivity index (χ3v) is 10.1. The topological polar surface area (TPSA) is 99.1 Å². The lowest BCUT2D eigenvalue weighted by Crippen LogP contribution is -2.50. The summed E-state index contributed by atoms with van der Waals surface area (Å²) in [6.07, 6.45) is 52.5. The zero-order chi connectivity index (χ0) is 43.5. The largest absolute Gasteiger partial charge is 0.477 e. The van der Waals surface area contributed by atoms with Crippen LogP contribution in [0.3, 0.4) is 0 Å². The van der Waals surface area contributed by atoms with Crippen molar-refractivity contribution < 1.29 is 38.2 Å². The molecule has 0 aromatic heterocycles.